The Hall–Kier alpha value is -2.93. The molecular formula is C19H19ClN6O. The van der Waals surface area contributed by atoms with E-state index in [0.717, 1.165) is 18.7 Å². The summed E-state index contributed by atoms with van der Waals surface area (Å²) in [6, 6.07) is 17.5. The number of rotatable bonds is 4. The van der Waals surface area contributed by atoms with E-state index < -0.39 is 0 Å². The van der Waals surface area contributed by atoms with Gasteiger partial charge in [-0.15, -0.1) is 10.2 Å². The summed E-state index contributed by atoms with van der Waals surface area (Å²) < 4.78 is 0. The van der Waals surface area contributed by atoms with Crippen LogP contribution >= 0.6 is 11.6 Å². The van der Waals surface area contributed by atoms with E-state index in [-0.39, 0.29) is 12.5 Å². The molecule has 138 valence electrons. The van der Waals surface area contributed by atoms with Crippen LogP contribution in [0, 0.1) is 0 Å². The average molecular weight is 383 g/mol. The zero-order chi connectivity index (χ0) is 18.6. The molecule has 1 aliphatic heterocycles. The molecule has 4 rings (SSSR count). The van der Waals surface area contributed by atoms with Crippen molar-refractivity contribution in [3.8, 4) is 11.4 Å². The summed E-state index contributed by atoms with van der Waals surface area (Å²) in [6.07, 6.45) is 0. The molecule has 1 amide bonds. The molecule has 3 aromatic rings. The fourth-order valence-electron chi connectivity index (χ4n) is 3.13. The van der Waals surface area contributed by atoms with Crippen molar-refractivity contribution in [2.45, 2.75) is 6.54 Å². The number of anilines is 1. The number of benzene rings is 2. The maximum absolute atomic E-state index is 12.6. The van der Waals surface area contributed by atoms with E-state index >= 15 is 0 Å². The van der Waals surface area contributed by atoms with E-state index in [1.165, 1.54) is 10.5 Å². The Morgan fingerprint density at radius 3 is 2.52 bits per heavy atom. The molecule has 0 saturated carbocycles. The summed E-state index contributed by atoms with van der Waals surface area (Å²) in [5, 5.41) is 12.9. The lowest BCUT2D eigenvalue weighted by Gasteiger charge is -2.36. The summed E-state index contributed by atoms with van der Waals surface area (Å²) in [7, 11) is 0. The Morgan fingerprint density at radius 2 is 1.78 bits per heavy atom. The molecule has 8 heteroatoms. The second-order valence-electron chi connectivity index (χ2n) is 6.36. The van der Waals surface area contributed by atoms with Crippen LogP contribution in [-0.4, -0.2) is 57.2 Å². The lowest BCUT2D eigenvalue weighted by Crippen LogP contribution is -2.49. The van der Waals surface area contributed by atoms with Crippen molar-refractivity contribution in [2.75, 3.05) is 31.1 Å². The highest BCUT2D eigenvalue weighted by Gasteiger charge is 2.22. The van der Waals surface area contributed by atoms with Crippen LogP contribution < -0.4 is 4.90 Å². The van der Waals surface area contributed by atoms with Gasteiger partial charge in [-0.2, -0.15) is 4.80 Å². The minimum absolute atomic E-state index is 0.00208. The number of para-hydroxylation sites is 1. The van der Waals surface area contributed by atoms with Gasteiger partial charge < -0.3 is 9.80 Å². The molecule has 27 heavy (non-hydrogen) atoms. The molecule has 0 bridgehead atoms. The number of aromatic nitrogens is 4. The minimum atomic E-state index is -0.00208. The van der Waals surface area contributed by atoms with E-state index in [1.807, 2.05) is 35.2 Å². The first-order chi connectivity index (χ1) is 13.2. The van der Waals surface area contributed by atoms with Gasteiger partial charge in [-0.05, 0) is 29.5 Å². The van der Waals surface area contributed by atoms with Gasteiger partial charge in [0.2, 0.25) is 11.7 Å². The fourth-order valence-corrected chi connectivity index (χ4v) is 3.32. The van der Waals surface area contributed by atoms with E-state index in [9.17, 15) is 4.79 Å². The molecule has 1 aromatic heterocycles. The third-order valence-electron chi connectivity index (χ3n) is 4.57. The predicted octanol–water partition coefficient (Wildman–Crippen LogP) is 2.34. The van der Waals surface area contributed by atoms with Crippen LogP contribution in [0.25, 0.3) is 11.4 Å². The molecule has 0 aliphatic carbocycles. The van der Waals surface area contributed by atoms with E-state index in [0.29, 0.717) is 23.9 Å². The van der Waals surface area contributed by atoms with Crippen LogP contribution in [0.15, 0.2) is 54.6 Å². The van der Waals surface area contributed by atoms with Gasteiger partial charge in [-0.3, -0.25) is 4.79 Å². The smallest absolute Gasteiger partial charge is 0.246 e. The van der Waals surface area contributed by atoms with Gasteiger partial charge >= 0.3 is 0 Å². The average Bonchev–Trinajstić information content (AvgIpc) is 3.17. The summed E-state index contributed by atoms with van der Waals surface area (Å²) in [5.74, 6) is 0.456. The zero-order valence-electron chi connectivity index (χ0n) is 14.7. The molecule has 1 aliphatic rings. The van der Waals surface area contributed by atoms with Crippen LogP contribution in [-0.2, 0) is 11.3 Å². The molecule has 2 aromatic carbocycles. The quantitative estimate of drug-likeness (QED) is 0.692. The van der Waals surface area contributed by atoms with Gasteiger partial charge in [0.05, 0.1) is 0 Å². The van der Waals surface area contributed by atoms with E-state index in [1.54, 1.807) is 12.1 Å². The van der Waals surface area contributed by atoms with Crippen LogP contribution in [0.3, 0.4) is 0 Å². The van der Waals surface area contributed by atoms with Crippen molar-refractivity contribution in [1.29, 1.82) is 0 Å². The lowest BCUT2D eigenvalue weighted by atomic mass is 10.2. The number of tetrazole rings is 1. The first kappa shape index (κ1) is 17.5. The predicted molar refractivity (Wildman–Crippen MR) is 103 cm³/mol. The van der Waals surface area contributed by atoms with Crippen LogP contribution in [0.1, 0.15) is 0 Å². The Labute approximate surface area is 162 Å². The number of carbonyl (C=O) groups excluding carboxylic acids is 1. The molecule has 1 saturated heterocycles. The highest BCUT2D eigenvalue weighted by molar-refractivity contribution is 6.30. The van der Waals surface area contributed by atoms with Gasteiger partial charge in [0, 0.05) is 42.5 Å². The monoisotopic (exact) mass is 382 g/mol. The number of hydrogen-bond donors (Lipinski definition) is 0. The van der Waals surface area contributed by atoms with Crippen molar-refractivity contribution in [2.24, 2.45) is 0 Å². The Kier molecular flexibility index (Phi) is 5.02. The van der Waals surface area contributed by atoms with Gasteiger partial charge in [0.1, 0.15) is 6.54 Å². The number of piperazine rings is 1. The number of amides is 1. The normalized spacial score (nSPS) is 14.4. The Balaban J connectivity index is 1.35. The van der Waals surface area contributed by atoms with Crippen molar-refractivity contribution in [3.63, 3.8) is 0 Å². The van der Waals surface area contributed by atoms with Crippen molar-refractivity contribution in [3.05, 3.63) is 59.6 Å². The van der Waals surface area contributed by atoms with Crippen LogP contribution in [0.2, 0.25) is 5.02 Å². The lowest BCUT2D eigenvalue weighted by molar-refractivity contribution is -0.132. The molecule has 0 N–H and O–H groups in total. The molecule has 0 atom stereocenters. The number of hydrogen-bond acceptors (Lipinski definition) is 5. The Bertz CT molecular complexity index is 921. The fraction of sp³-hybridized carbons (Fsp3) is 0.263. The molecule has 2 heterocycles. The van der Waals surface area contributed by atoms with Crippen LogP contribution in [0.5, 0.6) is 0 Å². The van der Waals surface area contributed by atoms with Gasteiger partial charge in [-0.25, -0.2) is 0 Å². The van der Waals surface area contributed by atoms with Gasteiger partial charge in [0.25, 0.3) is 0 Å². The molecular weight excluding hydrogens is 364 g/mol. The largest absolute Gasteiger partial charge is 0.368 e. The standard InChI is InChI=1S/C19H19ClN6O/c20-16-6-4-5-15(13-16)19-21-23-26(22-19)14-18(27)25-11-9-24(10-12-25)17-7-2-1-3-8-17/h1-8,13H,9-12,14H2. The Morgan fingerprint density at radius 1 is 1.00 bits per heavy atom. The van der Waals surface area contributed by atoms with Crippen molar-refractivity contribution < 1.29 is 4.79 Å². The molecule has 7 nitrogen and oxygen atoms in total. The third kappa shape index (κ3) is 4.09. The first-order valence-electron chi connectivity index (χ1n) is 8.80. The highest BCUT2D eigenvalue weighted by atomic mass is 35.5. The highest BCUT2D eigenvalue weighted by Crippen LogP contribution is 2.19. The second-order valence-corrected chi connectivity index (χ2v) is 6.79. The second kappa shape index (κ2) is 7.75. The molecule has 0 spiro atoms. The van der Waals surface area contributed by atoms with E-state index in [2.05, 4.69) is 32.4 Å². The van der Waals surface area contributed by atoms with Crippen molar-refractivity contribution in [1.82, 2.24) is 25.1 Å². The third-order valence-corrected chi connectivity index (χ3v) is 4.80. The van der Waals surface area contributed by atoms with Gasteiger partial charge in [0.15, 0.2) is 0 Å². The maximum Gasteiger partial charge on any atom is 0.246 e. The summed E-state index contributed by atoms with van der Waals surface area (Å²) in [4.78, 5) is 18.0. The number of carbonyl (C=O) groups is 1. The molecule has 0 unspecified atom stereocenters. The summed E-state index contributed by atoms with van der Waals surface area (Å²) in [6.45, 7) is 3.08. The van der Waals surface area contributed by atoms with Gasteiger partial charge in [-0.1, -0.05) is 41.9 Å². The van der Waals surface area contributed by atoms with E-state index in [4.69, 9.17) is 11.6 Å². The number of halogens is 1. The minimum Gasteiger partial charge on any atom is -0.368 e. The molecule has 1 fully saturated rings. The maximum atomic E-state index is 12.6. The SMILES string of the molecule is O=C(Cn1nnc(-c2cccc(Cl)c2)n1)N1CCN(c2ccccc2)CC1. The zero-order valence-corrected chi connectivity index (χ0v) is 15.5. The number of nitrogens with zero attached hydrogens (tertiary/aromatic N) is 6. The molecule has 0 radical (unpaired) electrons. The summed E-state index contributed by atoms with van der Waals surface area (Å²) >= 11 is 6.00. The topological polar surface area (TPSA) is 67.2 Å². The van der Waals surface area contributed by atoms with Crippen molar-refractivity contribution >= 4 is 23.2 Å². The summed E-state index contributed by atoms with van der Waals surface area (Å²) in [5.41, 5.74) is 1.96. The van der Waals surface area contributed by atoms with Crippen LogP contribution in [0.4, 0.5) is 5.69 Å². The first-order valence-corrected chi connectivity index (χ1v) is 9.18.